The van der Waals surface area contributed by atoms with Crippen molar-refractivity contribution >= 4 is 0 Å². The molecule has 0 amide bonds. The summed E-state index contributed by atoms with van der Waals surface area (Å²) in [6.07, 6.45) is 6.56. The van der Waals surface area contributed by atoms with Gasteiger partial charge in [0.2, 0.25) is 0 Å². The van der Waals surface area contributed by atoms with Crippen LogP contribution in [0.1, 0.15) is 11.1 Å². The molecule has 0 unspecified atom stereocenters. The largest absolute Gasteiger partial charge is 0.312 e. The van der Waals surface area contributed by atoms with Crippen molar-refractivity contribution in [2.75, 3.05) is 6.54 Å². The molecule has 0 saturated carbocycles. The molecule has 2 aromatic heterocycles. The molecule has 0 aliphatic carbocycles. The fourth-order valence-electron chi connectivity index (χ4n) is 2.31. The Morgan fingerprint density at radius 3 is 2.62 bits per heavy atom. The van der Waals surface area contributed by atoms with Crippen molar-refractivity contribution in [1.29, 1.82) is 0 Å². The average molecular weight is 278 g/mol. The molecule has 2 N–H and O–H groups in total. The Morgan fingerprint density at radius 1 is 1.00 bits per heavy atom. The summed E-state index contributed by atoms with van der Waals surface area (Å²) in [5.41, 5.74) is 4.75. The van der Waals surface area contributed by atoms with Crippen molar-refractivity contribution in [3.05, 3.63) is 72.2 Å². The number of hydrogen-bond acceptors (Lipinski definition) is 3. The molecule has 0 bridgehead atoms. The molecule has 3 aromatic rings. The van der Waals surface area contributed by atoms with E-state index in [4.69, 9.17) is 0 Å². The molecule has 0 aliphatic rings. The van der Waals surface area contributed by atoms with Crippen molar-refractivity contribution in [1.82, 2.24) is 20.5 Å². The zero-order valence-electron chi connectivity index (χ0n) is 11.8. The van der Waals surface area contributed by atoms with Gasteiger partial charge in [-0.3, -0.25) is 10.1 Å². The molecule has 1 aromatic carbocycles. The molecule has 0 aliphatic heterocycles. The third kappa shape index (κ3) is 3.55. The second-order valence-electron chi connectivity index (χ2n) is 4.92. The SMILES string of the molecule is c1ccc(-c2[nH]ncc2CNCCc2ccncc2)cc1. The standard InChI is InChI=1S/C17H18N4/c1-2-4-15(5-3-1)17-16(13-20-21-17)12-19-11-8-14-6-9-18-10-7-14/h1-7,9-10,13,19H,8,11-12H2,(H,20,21). The maximum atomic E-state index is 4.16. The number of nitrogens with zero attached hydrogens (tertiary/aromatic N) is 2. The van der Waals surface area contributed by atoms with Crippen LogP contribution in [0.2, 0.25) is 0 Å². The number of hydrogen-bond donors (Lipinski definition) is 2. The van der Waals surface area contributed by atoms with E-state index in [1.54, 1.807) is 0 Å². The first-order valence-corrected chi connectivity index (χ1v) is 7.11. The maximum Gasteiger partial charge on any atom is 0.0695 e. The number of benzene rings is 1. The monoisotopic (exact) mass is 278 g/mol. The van der Waals surface area contributed by atoms with E-state index < -0.39 is 0 Å². The highest BCUT2D eigenvalue weighted by atomic mass is 15.1. The van der Waals surface area contributed by atoms with Gasteiger partial charge in [0.15, 0.2) is 0 Å². The van der Waals surface area contributed by atoms with E-state index in [9.17, 15) is 0 Å². The third-order valence-corrected chi connectivity index (χ3v) is 3.44. The molecule has 4 nitrogen and oxygen atoms in total. The molecule has 0 atom stereocenters. The van der Waals surface area contributed by atoms with E-state index in [1.807, 2.05) is 36.8 Å². The number of nitrogens with one attached hydrogen (secondary N) is 2. The summed E-state index contributed by atoms with van der Waals surface area (Å²) < 4.78 is 0. The summed E-state index contributed by atoms with van der Waals surface area (Å²) in [6.45, 7) is 1.75. The van der Waals surface area contributed by atoms with Gasteiger partial charge in [0, 0.05) is 24.5 Å². The first-order valence-electron chi connectivity index (χ1n) is 7.11. The molecular weight excluding hydrogens is 260 g/mol. The van der Waals surface area contributed by atoms with E-state index in [-0.39, 0.29) is 0 Å². The van der Waals surface area contributed by atoms with Gasteiger partial charge in [0.25, 0.3) is 0 Å². The highest BCUT2D eigenvalue weighted by Crippen LogP contribution is 2.20. The highest BCUT2D eigenvalue weighted by Gasteiger charge is 2.06. The number of aromatic amines is 1. The van der Waals surface area contributed by atoms with E-state index in [0.29, 0.717) is 0 Å². The predicted octanol–water partition coefficient (Wildman–Crippen LogP) is 2.80. The first kappa shape index (κ1) is 13.5. The number of pyridine rings is 1. The van der Waals surface area contributed by atoms with Crippen LogP contribution in [0.3, 0.4) is 0 Å². The fraction of sp³-hybridized carbons (Fsp3) is 0.176. The maximum absolute atomic E-state index is 4.16. The lowest BCUT2D eigenvalue weighted by molar-refractivity contribution is 0.687. The topological polar surface area (TPSA) is 53.6 Å². The van der Waals surface area contributed by atoms with Gasteiger partial charge in [-0.05, 0) is 36.2 Å². The Hall–Kier alpha value is -2.46. The lowest BCUT2D eigenvalue weighted by Gasteiger charge is -2.06. The van der Waals surface area contributed by atoms with Crippen molar-refractivity contribution in [3.8, 4) is 11.3 Å². The smallest absolute Gasteiger partial charge is 0.0695 e. The van der Waals surface area contributed by atoms with Gasteiger partial charge in [-0.1, -0.05) is 30.3 Å². The predicted molar refractivity (Wildman–Crippen MR) is 83.7 cm³/mol. The first-order chi connectivity index (χ1) is 10.4. The quantitative estimate of drug-likeness (QED) is 0.682. The lowest BCUT2D eigenvalue weighted by Crippen LogP contribution is -2.16. The Morgan fingerprint density at radius 2 is 1.81 bits per heavy atom. The van der Waals surface area contributed by atoms with Crippen molar-refractivity contribution < 1.29 is 0 Å². The molecule has 2 heterocycles. The molecule has 0 radical (unpaired) electrons. The average Bonchev–Trinajstić information content (AvgIpc) is 3.02. The van der Waals surface area contributed by atoms with Crippen molar-refractivity contribution in [2.45, 2.75) is 13.0 Å². The zero-order chi connectivity index (χ0) is 14.3. The Bertz CT molecular complexity index is 662. The molecule has 0 saturated heterocycles. The molecule has 106 valence electrons. The summed E-state index contributed by atoms with van der Waals surface area (Å²) >= 11 is 0. The summed E-state index contributed by atoms with van der Waals surface area (Å²) in [6, 6.07) is 14.4. The normalized spacial score (nSPS) is 10.7. The molecule has 0 fully saturated rings. The molecule has 4 heteroatoms. The van der Waals surface area contributed by atoms with E-state index in [0.717, 1.165) is 25.2 Å². The van der Waals surface area contributed by atoms with Crippen LogP contribution in [-0.4, -0.2) is 21.7 Å². The van der Waals surface area contributed by atoms with Crippen LogP contribution in [0.4, 0.5) is 0 Å². The highest BCUT2D eigenvalue weighted by molar-refractivity contribution is 5.62. The van der Waals surface area contributed by atoms with Gasteiger partial charge in [-0.15, -0.1) is 0 Å². The van der Waals surface area contributed by atoms with Gasteiger partial charge in [0.05, 0.1) is 11.9 Å². The van der Waals surface area contributed by atoms with Crippen molar-refractivity contribution in [2.24, 2.45) is 0 Å². The fourth-order valence-corrected chi connectivity index (χ4v) is 2.31. The Kier molecular flexibility index (Phi) is 4.39. The van der Waals surface area contributed by atoms with E-state index in [1.165, 1.54) is 16.7 Å². The summed E-state index contributed by atoms with van der Waals surface area (Å²) in [5, 5.41) is 10.7. The van der Waals surface area contributed by atoms with E-state index in [2.05, 4.69) is 44.8 Å². The van der Waals surface area contributed by atoms with Crippen molar-refractivity contribution in [3.63, 3.8) is 0 Å². The number of H-pyrrole nitrogens is 1. The summed E-state index contributed by atoms with van der Waals surface area (Å²) in [5.74, 6) is 0. The minimum Gasteiger partial charge on any atom is -0.312 e. The summed E-state index contributed by atoms with van der Waals surface area (Å²) in [7, 11) is 0. The van der Waals surface area contributed by atoms with Crippen LogP contribution in [0.15, 0.2) is 61.1 Å². The van der Waals surface area contributed by atoms with Gasteiger partial charge in [0.1, 0.15) is 0 Å². The molecular formula is C17H18N4. The minimum absolute atomic E-state index is 0.811. The van der Waals surface area contributed by atoms with Gasteiger partial charge >= 0.3 is 0 Å². The number of aromatic nitrogens is 3. The van der Waals surface area contributed by atoms with Gasteiger partial charge in [-0.2, -0.15) is 5.10 Å². The van der Waals surface area contributed by atoms with Crippen LogP contribution in [-0.2, 0) is 13.0 Å². The van der Waals surface area contributed by atoms with Crippen LogP contribution >= 0.6 is 0 Å². The molecule has 0 spiro atoms. The Balaban J connectivity index is 1.56. The zero-order valence-corrected chi connectivity index (χ0v) is 11.8. The summed E-state index contributed by atoms with van der Waals surface area (Å²) in [4.78, 5) is 4.03. The van der Waals surface area contributed by atoms with Crippen LogP contribution < -0.4 is 5.32 Å². The van der Waals surface area contributed by atoms with E-state index >= 15 is 0 Å². The molecule has 3 rings (SSSR count). The second kappa shape index (κ2) is 6.81. The van der Waals surface area contributed by atoms with Gasteiger partial charge < -0.3 is 5.32 Å². The minimum atomic E-state index is 0.811. The Labute approximate surface area is 124 Å². The third-order valence-electron chi connectivity index (χ3n) is 3.44. The van der Waals surface area contributed by atoms with Crippen LogP contribution in [0.25, 0.3) is 11.3 Å². The molecule has 21 heavy (non-hydrogen) atoms. The lowest BCUT2D eigenvalue weighted by atomic mass is 10.1. The van der Waals surface area contributed by atoms with Crippen LogP contribution in [0, 0.1) is 0 Å². The second-order valence-corrected chi connectivity index (χ2v) is 4.92. The van der Waals surface area contributed by atoms with Crippen LogP contribution in [0.5, 0.6) is 0 Å². The van der Waals surface area contributed by atoms with Gasteiger partial charge in [-0.25, -0.2) is 0 Å². The number of rotatable bonds is 6.